The molecule has 6 nitrogen and oxygen atoms in total. The predicted octanol–water partition coefficient (Wildman–Crippen LogP) is -0.944. The summed E-state index contributed by atoms with van der Waals surface area (Å²) in [5.74, 6) is -0.1000. The molecule has 0 aliphatic rings. The van der Waals surface area contributed by atoms with Crippen LogP contribution in [0, 0.1) is 0 Å². The maximum Gasteiger partial charge on any atom is 0.320 e. The minimum absolute atomic E-state index is 0.552. The van der Waals surface area contributed by atoms with Crippen LogP contribution in [0.4, 0.5) is 0 Å². The number of carboxylic acids is 1. The number of sulfonamides is 1. The smallest absolute Gasteiger partial charge is 0.320 e. The van der Waals surface area contributed by atoms with Gasteiger partial charge in [0.05, 0.1) is 6.26 Å². The lowest BCUT2D eigenvalue weighted by Gasteiger charge is -2.02. The van der Waals surface area contributed by atoms with Crippen molar-refractivity contribution in [1.82, 2.24) is 0 Å². The quantitative estimate of drug-likeness (QED) is 0.586. The molecule has 14 heavy (non-hydrogen) atoms. The van der Waals surface area contributed by atoms with Crippen LogP contribution >= 0.6 is 11.8 Å². The van der Waals surface area contributed by atoms with E-state index in [1.54, 1.807) is 11.8 Å². The molecular weight excluding hydrogens is 228 g/mol. The van der Waals surface area contributed by atoms with Gasteiger partial charge in [0.1, 0.15) is 6.04 Å². The fourth-order valence-corrected chi connectivity index (χ4v) is 0.858. The van der Waals surface area contributed by atoms with Crippen LogP contribution in [0.25, 0.3) is 0 Å². The van der Waals surface area contributed by atoms with E-state index in [-0.39, 0.29) is 0 Å². The summed E-state index contributed by atoms with van der Waals surface area (Å²) in [6, 6.07) is -0.683. The lowest BCUT2D eigenvalue weighted by molar-refractivity contribution is -0.138. The Balaban J connectivity index is 0. The van der Waals surface area contributed by atoms with Crippen LogP contribution in [0.1, 0.15) is 6.42 Å². The van der Waals surface area contributed by atoms with Gasteiger partial charge in [-0.1, -0.05) is 0 Å². The van der Waals surface area contributed by atoms with Crippen LogP contribution < -0.4 is 10.9 Å². The molecule has 0 saturated heterocycles. The molecule has 0 aliphatic heterocycles. The Labute approximate surface area is 88.1 Å². The van der Waals surface area contributed by atoms with Gasteiger partial charge in [-0.25, -0.2) is 13.6 Å². The monoisotopic (exact) mass is 244 g/mol. The third-order valence-electron chi connectivity index (χ3n) is 0.950. The van der Waals surface area contributed by atoms with Crippen LogP contribution in [-0.2, 0) is 14.8 Å². The fourth-order valence-electron chi connectivity index (χ4n) is 0.368. The van der Waals surface area contributed by atoms with E-state index < -0.39 is 22.0 Å². The molecule has 1 atom stereocenters. The van der Waals surface area contributed by atoms with E-state index >= 15 is 0 Å². The van der Waals surface area contributed by atoms with Crippen LogP contribution in [0.2, 0.25) is 0 Å². The van der Waals surface area contributed by atoms with Crippen molar-refractivity contribution in [3.63, 3.8) is 0 Å². The van der Waals surface area contributed by atoms with Gasteiger partial charge in [0.2, 0.25) is 10.0 Å². The third-order valence-corrected chi connectivity index (χ3v) is 1.59. The lowest BCUT2D eigenvalue weighted by Crippen LogP contribution is -2.30. The Morgan fingerprint density at radius 1 is 1.57 bits per heavy atom. The highest BCUT2D eigenvalue weighted by molar-refractivity contribution is 7.98. The molecular formula is C6H16N2O4S2. The molecule has 0 amide bonds. The first kappa shape index (κ1) is 16.1. The molecule has 0 unspecified atom stereocenters. The van der Waals surface area contributed by atoms with Crippen LogP contribution in [0.3, 0.4) is 0 Å². The summed E-state index contributed by atoms with van der Waals surface area (Å²) in [7, 11) is -3.17. The second-order valence-corrected chi connectivity index (χ2v) is 5.20. The zero-order valence-corrected chi connectivity index (χ0v) is 9.77. The minimum Gasteiger partial charge on any atom is -0.480 e. The van der Waals surface area contributed by atoms with Gasteiger partial charge < -0.3 is 10.8 Å². The van der Waals surface area contributed by atoms with Gasteiger partial charge >= 0.3 is 5.97 Å². The van der Waals surface area contributed by atoms with E-state index in [9.17, 15) is 13.2 Å². The molecule has 8 heteroatoms. The number of nitrogens with two attached hydrogens (primary N) is 2. The van der Waals surface area contributed by atoms with Gasteiger partial charge in [-0.05, 0) is 18.4 Å². The number of thioether (sulfide) groups is 1. The summed E-state index contributed by atoms with van der Waals surface area (Å²) in [4.78, 5) is 10.1. The zero-order valence-electron chi connectivity index (χ0n) is 8.13. The fraction of sp³-hybridized carbons (Fsp3) is 0.833. The molecule has 0 bridgehead atoms. The molecule has 0 aliphatic carbocycles. The highest BCUT2D eigenvalue weighted by Gasteiger charge is 2.08. The van der Waals surface area contributed by atoms with Crippen molar-refractivity contribution in [1.29, 1.82) is 0 Å². The lowest BCUT2D eigenvalue weighted by atomic mass is 10.2. The van der Waals surface area contributed by atoms with E-state index in [2.05, 4.69) is 5.14 Å². The van der Waals surface area contributed by atoms with Crippen molar-refractivity contribution in [2.45, 2.75) is 12.5 Å². The SMILES string of the molecule is CS(N)(=O)=O.CSCC[C@H](N)C(=O)O. The number of aliphatic carboxylic acids is 1. The topological polar surface area (TPSA) is 123 Å². The molecule has 86 valence electrons. The number of hydrogen-bond donors (Lipinski definition) is 3. The Hall–Kier alpha value is -0.310. The minimum atomic E-state index is -3.17. The molecule has 0 aromatic rings. The van der Waals surface area contributed by atoms with Crippen molar-refractivity contribution < 1.29 is 18.3 Å². The third kappa shape index (κ3) is 22.6. The standard InChI is InChI=1S/C5H11NO2S.CH5NO2S/c1-9-3-2-4(6)5(7)8;1-5(2,3)4/h4H,2-3,6H2,1H3,(H,7,8);1H3,(H2,2,3,4)/t4-;/m0./s1. The summed E-state index contributed by atoms with van der Waals surface area (Å²) >= 11 is 1.60. The molecule has 0 saturated carbocycles. The Kier molecular flexibility index (Phi) is 9.26. The van der Waals surface area contributed by atoms with Gasteiger partial charge in [-0.3, -0.25) is 4.79 Å². The van der Waals surface area contributed by atoms with E-state index in [0.29, 0.717) is 6.42 Å². The average molecular weight is 244 g/mol. The summed E-state index contributed by atoms with van der Waals surface area (Å²) in [5.41, 5.74) is 5.19. The van der Waals surface area contributed by atoms with Crippen molar-refractivity contribution in [3.8, 4) is 0 Å². The first-order chi connectivity index (χ1) is 6.18. The molecule has 0 aromatic heterocycles. The molecule has 0 aromatic carbocycles. The maximum absolute atomic E-state index is 10.1. The second-order valence-electron chi connectivity index (χ2n) is 2.56. The van der Waals surface area contributed by atoms with Crippen LogP contribution in [0.15, 0.2) is 0 Å². The van der Waals surface area contributed by atoms with Gasteiger partial charge in [0, 0.05) is 0 Å². The average Bonchev–Trinajstić information content (AvgIpc) is 1.96. The molecule has 0 spiro atoms. The van der Waals surface area contributed by atoms with Gasteiger partial charge in [0.25, 0.3) is 0 Å². The summed E-state index contributed by atoms with van der Waals surface area (Å²) in [6.45, 7) is 0. The van der Waals surface area contributed by atoms with E-state index in [1.807, 2.05) is 6.26 Å². The van der Waals surface area contributed by atoms with Crippen molar-refractivity contribution in [3.05, 3.63) is 0 Å². The van der Waals surface area contributed by atoms with Crippen LogP contribution in [-0.4, -0.2) is 43.8 Å². The van der Waals surface area contributed by atoms with Crippen molar-refractivity contribution >= 4 is 27.8 Å². The summed E-state index contributed by atoms with van der Waals surface area (Å²) in [6.07, 6.45) is 3.41. The number of primary sulfonamides is 1. The van der Waals surface area contributed by atoms with Gasteiger partial charge in [-0.2, -0.15) is 11.8 Å². The maximum atomic E-state index is 10.1. The summed E-state index contributed by atoms with van der Waals surface area (Å²) in [5, 5.41) is 12.6. The van der Waals surface area contributed by atoms with E-state index in [4.69, 9.17) is 10.8 Å². The Bertz CT molecular complexity index is 245. The van der Waals surface area contributed by atoms with Crippen molar-refractivity contribution in [2.75, 3.05) is 18.3 Å². The molecule has 5 N–H and O–H groups in total. The highest BCUT2D eigenvalue weighted by atomic mass is 32.2. The molecule has 0 heterocycles. The van der Waals surface area contributed by atoms with E-state index in [1.165, 1.54) is 0 Å². The predicted molar refractivity (Wildman–Crippen MR) is 57.6 cm³/mol. The van der Waals surface area contributed by atoms with Crippen LogP contribution in [0.5, 0.6) is 0 Å². The largest absolute Gasteiger partial charge is 0.480 e. The Morgan fingerprint density at radius 3 is 2.14 bits per heavy atom. The molecule has 0 rings (SSSR count). The normalized spacial score (nSPS) is 12.6. The number of rotatable bonds is 4. The number of carboxylic acid groups (broad SMARTS) is 1. The summed E-state index contributed by atoms with van der Waals surface area (Å²) < 4.78 is 18.8. The number of hydrogen-bond acceptors (Lipinski definition) is 5. The van der Waals surface area contributed by atoms with E-state index in [0.717, 1.165) is 12.0 Å². The zero-order chi connectivity index (χ0) is 11.8. The van der Waals surface area contributed by atoms with Crippen molar-refractivity contribution in [2.24, 2.45) is 10.9 Å². The first-order valence-electron chi connectivity index (χ1n) is 3.63. The van der Waals surface area contributed by atoms with Gasteiger partial charge in [0.15, 0.2) is 0 Å². The molecule has 0 fully saturated rings. The van der Waals surface area contributed by atoms with Gasteiger partial charge in [-0.15, -0.1) is 0 Å². The Morgan fingerprint density at radius 2 is 1.93 bits per heavy atom. The number of carbonyl (C=O) groups is 1. The highest BCUT2D eigenvalue weighted by Crippen LogP contribution is 1.97. The first-order valence-corrected chi connectivity index (χ1v) is 6.98. The second kappa shape index (κ2) is 8.04. The molecule has 0 radical (unpaired) electrons.